The lowest BCUT2D eigenvalue weighted by atomic mass is 9.71. The largest absolute Gasteiger partial charge is 0.316 e. The number of benzene rings is 1. The molecular weight excluding hydrogens is 234 g/mol. The molecule has 104 valence electrons. The summed E-state index contributed by atoms with van der Waals surface area (Å²) in [5, 5.41) is 3.37. The van der Waals surface area contributed by atoms with Gasteiger partial charge in [0.1, 0.15) is 5.78 Å². The van der Waals surface area contributed by atoms with Crippen molar-refractivity contribution in [2.75, 3.05) is 13.1 Å². The van der Waals surface area contributed by atoms with Crippen molar-refractivity contribution in [1.82, 2.24) is 5.32 Å². The van der Waals surface area contributed by atoms with E-state index in [1.165, 1.54) is 16.7 Å². The molecule has 2 nitrogen and oxygen atoms in total. The van der Waals surface area contributed by atoms with Gasteiger partial charge < -0.3 is 5.32 Å². The van der Waals surface area contributed by atoms with Crippen molar-refractivity contribution in [3.8, 4) is 0 Å². The lowest BCUT2D eigenvalue weighted by molar-refractivity contribution is -0.129. The van der Waals surface area contributed by atoms with Crippen molar-refractivity contribution >= 4 is 5.78 Å². The summed E-state index contributed by atoms with van der Waals surface area (Å²) in [6.07, 6.45) is 1.56. The third-order valence-corrected chi connectivity index (χ3v) is 4.83. The fourth-order valence-electron chi connectivity index (χ4n) is 3.23. The number of carbonyl (C=O) groups excluding carboxylic acids is 1. The summed E-state index contributed by atoms with van der Waals surface area (Å²) in [4.78, 5) is 12.8. The predicted molar refractivity (Wildman–Crippen MR) is 79.4 cm³/mol. The number of aryl methyl sites for hydroxylation is 2. The molecule has 2 heteroatoms. The summed E-state index contributed by atoms with van der Waals surface area (Å²) in [5.41, 5.74) is 3.53. The third kappa shape index (κ3) is 2.59. The molecule has 0 bridgehead atoms. The minimum absolute atomic E-state index is 0.158. The highest BCUT2D eigenvalue weighted by Crippen LogP contribution is 2.36. The number of rotatable bonds is 4. The van der Waals surface area contributed by atoms with Crippen LogP contribution in [-0.2, 0) is 11.2 Å². The fraction of sp³-hybridized carbons (Fsp3) is 0.588. The Morgan fingerprint density at radius 2 is 1.95 bits per heavy atom. The van der Waals surface area contributed by atoms with Gasteiger partial charge in [-0.05, 0) is 49.4 Å². The monoisotopic (exact) mass is 259 g/mol. The van der Waals surface area contributed by atoms with Gasteiger partial charge in [-0.3, -0.25) is 4.79 Å². The smallest absolute Gasteiger partial charge is 0.144 e. The maximum absolute atomic E-state index is 12.8. The summed E-state index contributed by atoms with van der Waals surface area (Å²) in [5.74, 6) is 0.809. The standard InChI is InChI=1S/C17H25NO/c1-12(2)17(8-9-18-11-17)16(19)10-15-13(3)6-5-7-14(15)4/h5-7,12,18H,8-11H2,1-4H3. The predicted octanol–water partition coefficient (Wildman–Crippen LogP) is 3.05. The van der Waals surface area contributed by atoms with Crippen LogP contribution in [-0.4, -0.2) is 18.9 Å². The Labute approximate surface area is 116 Å². The van der Waals surface area contributed by atoms with Crippen LogP contribution in [0.3, 0.4) is 0 Å². The molecule has 0 saturated carbocycles. The maximum atomic E-state index is 12.8. The Morgan fingerprint density at radius 3 is 2.42 bits per heavy atom. The van der Waals surface area contributed by atoms with Gasteiger partial charge in [-0.25, -0.2) is 0 Å². The molecule has 1 aromatic carbocycles. The Kier molecular flexibility index (Phi) is 4.10. The Hall–Kier alpha value is -1.15. The molecule has 2 rings (SSSR count). The van der Waals surface area contributed by atoms with E-state index in [4.69, 9.17) is 0 Å². The second-order valence-corrected chi connectivity index (χ2v) is 6.21. The molecule has 0 aliphatic carbocycles. The highest BCUT2D eigenvalue weighted by Gasteiger charge is 2.43. The first-order valence-corrected chi connectivity index (χ1v) is 7.26. The molecule has 1 fully saturated rings. The number of hydrogen-bond acceptors (Lipinski definition) is 2. The van der Waals surface area contributed by atoms with Gasteiger partial charge in [-0.1, -0.05) is 32.0 Å². The van der Waals surface area contributed by atoms with Crippen LogP contribution in [0.15, 0.2) is 18.2 Å². The summed E-state index contributed by atoms with van der Waals surface area (Å²) < 4.78 is 0. The van der Waals surface area contributed by atoms with Crippen molar-refractivity contribution in [3.05, 3.63) is 34.9 Å². The number of carbonyl (C=O) groups is 1. The quantitative estimate of drug-likeness (QED) is 0.900. The minimum atomic E-state index is -0.158. The Bertz CT molecular complexity index is 450. The van der Waals surface area contributed by atoms with Gasteiger partial charge in [-0.15, -0.1) is 0 Å². The van der Waals surface area contributed by atoms with Gasteiger partial charge in [0.2, 0.25) is 0 Å². The fourth-order valence-corrected chi connectivity index (χ4v) is 3.23. The molecule has 1 aromatic rings. The molecule has 1 aliphatic heterocycles. The zero-order valence-corrected chi connectivity index (χ0v) is 12.5. The molecule has 0 amide bonds. The average molecular weight is 259 g/mol. The van der Waals surface area contributed by atoms with Crippen molar-refractivity contribution < 1.29 is 4.79 Å². The molecular formula is C17H25NO. The maximum Gasteiger partial charge on any atom is 0.144 e. The van der Waals surface area contributed by atoms with Crippen molar-refractivity contribution in [1.29, 1.82) is 0 Å². The molecule has 1 heterocycles. The van der Waals surface area contributed by atoms with E-state index in [1.54, 1.807) is 0 Å². The third-order valence-electron chi connectivity index (χ3n) is 4.83. The van der Waals surface area contributed by atoms with Gasteiger partial charge in [0, 0.05) is 18.4 Å². The Balaban J connectivity index is 2.25. The summed E-state index contributed by atoms with van der Waals surface area (Å²) in [6.45, 7) is 10.4. The molecule has 1 saturated heterocycles. The molecule has 1 N–H and O–H groups in total. The minimum Gasteiger partial charge on any atom is -0.316 e. The summed E-state index contributed by atoms with van der Waals surface area (Å²) in [6, 6.07) is 6.27. The van der Waals surface area contributed by atoms with Crippen LogP contribution in [0, 0.1) is 25.2 Å². The summed E-state index contributed by atoms with van der Waals surface area (Å²) in [7, 11) is 0. The zero-order valence-electron chi connectivity index (χ0n) is 12.5. The topological polar surface area (TPSA) is 29.1 Å². The van der Waals surface area contributed by atoms with E-state index < -0.39 is 0 Å². The number of hydrogen-bond donors (Lipinski definition) is 1. The van der Waals surface area contributed by atoms with Crippen molar-refractivity contribution in [2.45, 2.75) is 40.5 Å². The highest BCUT2D eigenvalue weighted by molar-refractivity contribution is 5.88. The van der Waals surface area contributed by atoms with Crippen LogP contribution in [0.5, 0.6) is 0 Å². The normalized spacial score (nSPS) is 23.0. The van der Waals surface area contributed by atoms with E-state index in [1.807, 2.05) is 0 Å². The first-order chi connectivity index (χ1) is 8.97. The molecule has 1 atom stereocenters. The molecule has 0 aromatic heterocycles. The van der Waals surface area contributed by atoms with Crippen LogP contribution < -0.4 is 5.32 Å². The van der Waals surface area contributed by atoms with Gasteiger partial charge in [0.25, 0.3) is 0 Å². The second-order valence-electron chi connectivity index (χ2n) is 6.21. The first-order valence-electron chi connectivity index (χ1n) is 7.26. The molecule has 1 aliphatic rings. The SMILES string of the molecule is Cc1cccc(C)c1CC(=O)C1(C(C)C)CCNC1. The lowest BCUT2D eigenvalue weighted by Gasteiger charge is -2.31. The Morgan fingerprint density at radius 1 is 1.32 bits per heavy atom. The first kappa shape index (κ1) is 14.3. The number of Topliss-reactive ketones (excluding diaryl/α,β-unsaturated/α-hetero) is 1. The van der Waals surface area contributed by atoms with E-state index in [9.17, 15) is 4.79 Å². The second kappa shape index (κ2) is 5.46. The van der Waals surface area contributed by atoms with Crippen LogP contribution in [0.4, 0.5) is 0 Å². The molecule has 0 spiro atoms. The average Bonchev–Trinajstić information content (AvgIpc) is 2.84. The van der Waals surface area contributed by atoms with Crippen molar-refractivity contribution in [2.24, 2.45) is 11.3 Å². The van der Waals surface area contributed by atoms with Crippen LogP contribution >= 0.6 is 0 Å². The number of nitrogens with one attached hydrogen (secondary N) is 1. The molecule has 0 radical (unpaired) electrons. The van der Waals surface area contributed by atoms with Crippen molar-refractivity contribution in [3.63, 3.8) is 0 Å². The number of ketones is 1. The lowest BCUT2D eigenvalue weighted by Crippen LogP contribution is -2.39. The van der Waals surface area contributed by atoms with E-state index in [-0.39, 0.29) is 5.41 Å². The highest BCUT2D eigenvalue weighted by atomic mass is 16.1. The molecule has 1 unspecified atom stereocenters. The van der Waals surface area contributed by atoms with Crippen LogP contribution in [0.1, 0.15) is 37.0 Å². The van der Waals surface area contributed by atoms with Gasteiger partial charge in [0.05, 0.1) is 0 Å². The zero-order chi connectivity index (χ0) is 14.0. The van der Waals surface area contributed by atoms with E-state index in [0.717, 1.165) is 19.5 Å². The van der Waals surface area contributed by atoms with Crippen LogP contribution in [0.2, 0.25) is 0 Å². The van der Waals surface area contributed by atoms with Gasteiger partial charge in [-0.2, -0.15) is 0 Å². The van der Waals surface area contributed by atoms with E-state index >= 15 is 0 Å². The summed E-state index contributed by atoms with van der Waals surface area (Å²) >= 11 is 0. The van der Waals surface area contributed by atoms with Gasteiger partial charge in [0.15, 0.2) is 0 Å². The van der Waals surface area contributed by atoms with Crippen LogP contribution in [0.25, 0.3) is 0 Å². The van der Waals surface area contributed by atoms with E-state index in [2.05, 4.69) is 51.2 Å². The molecule has 19 heavy (non-hydrogen) atoms. The van der Waals surface area contributed by atoms with Gasteiger partial charge >= 0.3 is 0 Å². The van der Waals surface area contributed by atoms with E-state index in [0.29, 0.717) is 18.1 Å².